The smallest absolute Gasteiger partial charge is 0.123 e. The molecule has 6 heteroatoms. The monoisotopic (exact) mass is 403 g/mol. The van der Waals surface area contributed by atoms with E-state index in [4.69, 9.17) is 20.8 Å². The quantitative estimate of drug-likeness (QED) is 0.556. The minimum Gasteiger partial charge on any atom is -0.491 e. The number of nitrogens with zero attached hydrogens (tertiary/aromatic N) is 1. The fourth-order valence-corrected chi connectivity index (χ4v) is 3.02. The number of aliphatic hydroxyl groups excluding tert-OH is 1. The van der Waals surface area contributed by atoms with Crippen LogP contribution in [0.2, 0.25) is 5.02 Å². The van der Waals surface area contributed by atoms with E-state index in [1.807, 2.05) is 24.0 Å². The number of furan rings is 1. The van der Waals surface area contributed by atoms with Gasteiger partial charge in [0.05, 0.1) is 6.54 Å². The summed E-state index contributed by atoms with van der Waals surface area (Å²) in [4.78, 5) is 2.04. The summed E-state index contributed by atoms with van der Waals surface area (Å²) in [7, 11) is 0. The van der Waals surface area contributed by atoms with Crippen molar-refractivity contribution in [3.8, 4) is 5.75 Å². The maximum absolute atomic E-state index is 13.2. The van der Waals surface area contributed by atoms with Gasteiger partial charge in [-0.25, -0.2) is 4.39 Å². The van der Waals surface area contributed by atoms with Crippen LogP contribution in [-0.4, -0.2) is 29.3 Å². The third kappa shape index (κ3) is 6.37. The molecule has 0 aliphatic rings. The van der Waals surface area contributed by atoms with Crippen molar-refractivity contribution in [2.45, 2.75) is 26.1 Å². The van der Waals surface area contributed by atoms with Crippen molar-refractivity contribution in [2.24, 2.45) is 0 Å². The van der Waals surface area contributed by atoms with Gasteiger partial charge in [-0.1, -0.05) is 23.7 Å². The highest BCUT2D eigenvalue weighted by Crippen LogP contribution is 2.17. The molecule has 148 valence electrons. The van der Waals surface area contributed by atoms with Crippen LogP contribution in [0.5, 0.6) is 5.75 Å². The molecule has 3 rings (SSSR count). The number of halogens is 2. The Morgan fingerprint density at radius 2 is 1.75 bits per heavy atom. The zero-order chi connectivity index (χ0) is 19.9. The first-order valence-corrected chi connectivity index (χ1v) is 9.44. The van der Waals surface area contributed by atoms with Gasteiger partial charge in [-0.15, -0.1) is 0 Å². The van der Waals surface area contributed by atoms with E-state index < -0.39 is 6.10 Å². The van der Waals surface area contributed by atoms with E-state index in [1.165, 1.54) is 12.1 Å². The first-order chi connectivity index (χ1) is 13.5. The Labute approximate surface area is 169 Å². The number of ether oxygens (including phenoxy) is 1. The summed E-state index contributed by atoms with van der Waals surface area (Å²) in [6.45, 7) is 3.51. The average Bonchev–Trinajstić information content (AvgIpc) is 3.08. The number of aryl methyl sites for hydroxylation is 1. The Morgan fingerprint density at radius 1 is 1.04 bits per heavy atom. The normalized spacial score (nSPS) is 12.3. The topological polar surface area (TPSA) is 45.8 Å². The zero-order valence-electron chi connectivity index (χ0n) is 15.6. The fourth-order valence-electron chi connectivity index (χ4n) is 2.90. The second-order valence-corrected chi connectivity index (χ2v) is 7.16. The van der Waals surface area contributed by atoms with Crippen molar-refractivity contribution >= 4 is 11.6 Å². The van der Waals surface area contributed by atoms with E-state index in [1.54, 1.807) is 36.4 Å². The van der Waals surface area contributed by atoms with Crippen LogP contribution in [-0.2, 0) is 13.1 Å². The molecule has 4 nitrogen and oxygen atoms in total. The van der Waals surface area contributed by atoms with Crippen LogP contribution in [0.4, 0.5) is 4.39 Å². The largest absolute Gasteiger partial charge is 0.491 e. The van der Waals surface area contributed by atoms with Crippen molar-refractivity contribution < 1.29 is 18.7 Å². The Bertz CT molecular complexity index is 864. The van der Waals surface area contributed by atoms with Crippen LogP contribution in [0.25, 0.3) is 0 Å². The highest BCUT2D eigenvalue weighted by molar-refractivity contribution is 6.30. The summed E-state index contributed by atoms with van der Waals surface area (Å²) in [5, 5.41) is 11.1. The summed E-state index contributed by atoms with van der Waals surface area (Å²) in [5.74, 6) is 2.03. The van der Waals surface area contributed by atoms with Crippen molar-refractivity contribution in [3.63, 3.8) is 0 Å². The Kier molecular flexibility index (Phi) is 7.09. The SMILES string of the molecule is Cc1ccc(CN(Cc2ccc(F)cc2)CC(O)COc2ccc(Cl)cc2)o1. The van der Waals surface area contributed by atoms with Gasteiger partial charge in [0.1, 0.15) is 35.8 Å². The van der Waals surface area contributed by atoms with Gasteiger partial charge in [0.15, 0.2) is 0 Å². The van der Waals surface area contributed by atoms with Gasteiger partial charge < -0.3 is 14.3 Å². The fraction of sp³-hybridized carbons (Fsp3) is 0.273. The third-order valence-electron chi connectivity index (χ3n) is 4.22. The van der Waals surface area contributed by atoms with Gasteiger partial charge in [-0.2, -0.15) is 0 Å². The Balaban J connectivity index is 1.61. The highest BCUT2D eigenvalue weighted by atomic mass is 35.5. The molecule has 1 aromatic heterocycles. The van der Waals surface area contributed by atoms with E-state index in [0.717, 1.165) is 17.1 Å². The molecule has 0 fully saturated rings. The van der Waals surface area contributed by atoms with Crippen LogP contribution in [0.15, 0.2) is 65.1 Å². The number of hydrogen-bond acceptors (Lipinski definition) is 4. The maximum atomic E-state index is 13.2. The molecule has 1 unspecified atom stereocenters. The van der Waals surface area contributed by atoms with E-state index in [0.29, 0.717) is 30.4 Å². The molecule has 28 heavy (non-hydrogen) atoms. The van der Waals surface area contributed by atoms with E-state index in [-0.39, 0.29) is 12.4 Å². The molecule has 3 aromatic rings. The maximum Gasteiger partial charge on any atom is 0.123 e. The number of rotatable bonds is 9. The molecule has 0 radical (unpaired) electrons. The second kappa shape index (κ2) is 9.73. The van der Waals surface area contributed by atoms with Crippen LogP contribution < -0.4 is 4.74 Å². The van der Waals surface area contributed by atoms with E-state index in [9.17, 15) is 9.50 Å². The lowest BCUT2D eigenvalue weighted by Crippen LogP contribution is -2.35. The molecule has 0 aliphatic carbocycles. The lowest BCUT2D eigenvalue weighted by atomic mass is 10.2. The molecule has 0 bridgehead atoms. The highest BCUT2D eigenvalue weighted by Gasteiger charge is 2.15. The van der Waals surface area contributed by atoms with Gasteiger partial charge in [0.2, 0.25) is 0 Å². The van der Waals surface area contributed by atoms with Crippen LogP contribution in [0.1, 0.15) is 17.1 Å². The molecule has 0 amide bonds. The lowest BCUT2D eigenvalue weighted by molar-refractivity contribution is 0.0604. The predicted molar refractivity (Wildman–Crippen MR) is 107 cm³/mol. The summed E-state index contributed by atoms with van der Waals surface area (Å²) in [6, 6.07) is 17.2. The lowest BCUT2D eigenvalue weighted by Gasteiger charge is -2.24. The standard InChI is InChI=1S/C22H23ClFNO3/c1-16-2-9-22(28-16)14-25(12-17-3-7-19(24)8-4-17)13-20(26)15-27-21-10-5-18(23)6-11-21/h2-11,20,26H,12-15H2,1H3. The summed E-state index contributed by atoms with van der Waals surface area (Å²) < 4.78 is 24.5. The van der Waals surface area contributed by atoms with Crippen LogP contribution in [0.3, 0.4) is 0 Å². The van der Waals surface area contributed by atoms with Gasteiger partial charge in [0.25, 0.3) is 0 Å². The molecular weight excluding hydrogens is 381 g/mol. The summed E-state index contributed by atoms with van der Waals surface area (Å²) >= 11 is 5.86. The summed E-state index contributed by atoms with van der Waals surface area (Å²) in [5.41, 5.74) is 0.954. The van der Waals surface area contributed by atoms with Crippen molar-refractivity contribution in [3.05, 3.63) is 88.6 Å². The minimum atomic E-state index is -0.702. The number of benzene rings is 2. The molecule has 0 saturated heterocycles. The van der Waals surface area contributed by atoms with Crippen molar-refractivity contribution in [1.29, 1.82) is 0 Å². The second-order valence-electron chi connectivity index (χ2n) is 6.73. The van der Waals surface area contributed by atoms with Crippen molar-refractivity contribution in [2.75, 3.05) is 13.2 Å². The first-order valence-electron chi connectivity index (χ1n) is 9.06. The van der Waals surface area contributed by atoms with Crippen LogP contribution >= 0.6 is 11.6 Å². The number of aliphatic hydroxyl groups is 1. The minimum absolute atomic E-state index is 0.152. The molecule has 2 aromatic carbocycles. The number of hydrogen-bond donors (Lipinski definition) is 1. The summed E-state index contributed by atoms with van der Waals surface area (Å²) in [6.07, 6.45) is -0.702. The molecule has 1 heterocycles. The van der Waals surface area contributed by atoms with Gasteiger partial charge >= 0.3 is 0 Å². The molecule has 1 atom stereocenters. The Hall–Kier alpha value is -2.34. The first kappa shape index (κ1) is 20.4. The molecular formula is C22H23ClFNO3. The van der Waals surface area contributed by atoms with Crippen molar-refractivity contribution in [1.82, 2.24) is 4.90 Å². The van der Waals surface area contributed by atoms with E-state index >= 15 is 0 Å². The van der Waals surface area contributed by atoms with Gasteiger partial charge in [0, 0.05) is 18.1 Å². The van der Waals surface area contributed by atoms with Gasteiger partial charge in [-0.05, 0) is 61.0 Å². The zero-order valence-corrected chi connectivity index (χ0v) is 16.4. The Morgan fingerprint density at radius 3 is 2.39 bits per heavy atom. The molecule has 0 aliphatic heterocycles. The average molecular weight is 404 g/mol. The van der Waals surface area contributed by atoms with Gasteiger partial charge in [-0.3, -0.25) is 4.90 Å². The van der Waals surface area contributed by atoms with E-state index in [2.05, 4.69) is 0 Å². The van der Waals surface area contributed by atoms with Crippen LogP contribution in [0, 0.1) is 12.7 Å². The third-order valence-corrected chi connectivity index (χ3v) is 4.47. The molecule has 1 N–H and O–H groups in total. The predicted octanol–water partition coefficient (Wildman–Crippen LogP) is 4.82. The molecule has 0 spiro atoms. The molecule has 0 saturated carbocycles.